The Hall–Kier alpha value is -0.650. The second-order valence-corrected chi connectivity index (χ2v) is 3.68. The first-order valence-corrected chi connectivity index (χ1v) is 5.87. The van der Waals surface area contributed by atoms with Gasteiger partial charge in [0.2, 0.25) is 0 Å². The Morgan fingerprint density at radius 1 is 1.50 bits per heavy atom. The third-order valence-corrected chi connectivity index (χ3v) is 2.39. The maximum absolute atomic E-state index is 11.5. The van der Waals surface area contributed by atoms with E-state index in [9.17, 15) is 4.79 Å². The maximum Gasteiger partial charge on any atom is 0.323 e. The molecule has 0 saturated carbocycles. The highest BCUT2D eigenvalue weighted by Crippen LogP contribution is 2.06. The Morgan fingerprint density at radius 2 is 2.25 bits per heavy atom. The Kier molecular flexibility index (Phi) is 6.37. The largest absolute Gasteiger partial charge is 0.465 e. The molecule has 0 spiro atoms. The summed E-state index contributed by atoms with van der Waals surface area (Å²) in [5.41, 5.74) is 0. The van der Waals surface area contributed by atoms with E-state index in [0.29, 0.717) is 32.8 Å². The summed E-state index contributed by atoms with van der Waals surface area (Å²) in [5, 5.41) is 3.09. The van der Waals surface area contributed by atoms with Gasteiger partial charge >= 0.3 is 5.97 Å². The van der Waals surface area contributed by atoms with Gasteiger partial charge in [-0.25, -0.2) is 0 Å². The van der Waals surface area contributed by atoms with Crippen LogP contribution in [0.3, 0.4) is 0 Å². The molecule has 1 aliphatic rings. The van der Waals surface area contributed by atoms with Crippen LogP contribution in [0.5, 0.6) is 0 Å². The average Bonchev–Trinajstić information content (AvgIpc) is 2.20. The van der Waals surface area contributed by atoms with Gasteiger partial charge in [-0.15, -0.1) is 0 Å². The van der Waals surface area contributed by atoms with E-state index < -0.39 is 0 Å². The summed E-state index contributed by atoms with van der Waals surface area (Å²) < 4.78 is 15.5. The number of hydrogen-bond donors (Lipinski definition) is 1. The van der Waals surface area contributed by atoms with Gasteiger partial charge in [0.15, 0.2) is 0 Å². The van der Waals surface area contributed by atoms with Gasteiger partial charge in [-0.3, -0.25) is 4.79 Å². The van der Waals surface area contributed by atoms with E-state index in [4.69, 9.17) is 14.2 Å². The zero-order valence-electron chi connectivity index (χ0n) is 10.0. The standard InChI is InChI=1S/C11H21NO4/c1-3-12-10(11(13)15-4-2)5-6-16-9-7-14-8-9/h9-10,12H,3-8H2,1-2H3. The SMILES string of the molecule is CCNC(CCOC1COC1)C(=O)OCC. The first-order valence-electron chi connectivity index (χ1n) is 5.87. The molecule has 0 aromatic heterocycles. The van der Waals surface area contributed by atoms with Crippen molar-refractivity contribution in [3.8, 4) is 0 Å². The second kappa shape index (κ2) is 7.60. The minimum Gasteiger partial charge on any atom is -0.465 e. The molecular formula is C11H21NO4. The lowest BCUT2D eigenvalue weighted by Crippen LogP contribution is -2.41. The van der Waals surface area contributed by atoms with Crippen LogP contribution in [0.1, 0.15) is 20.3 Å². The van der Waals surface area contributed by atoms with Crippen molar-refractivity contribution in [1.29, 1.82) is 0 Å². The van der Waals surface area contributed by atoms with E-state index in [2.05, 4.69) is 5.32 Å². The molecule has 0 aromatic rings. The molecule has 1 rings (SSSR count). The number of carbonyl (C=O) groups is 1. The van der Waals surface area contributed by atoms with Gasteiger partial charge in [0.1, 0.15) is 12.1 Å². The van der Waals surface area contributed by atoms with Crippen molar-refractivity contribution in [1.82, 2.24) is 5.32 Å². The highest BCUT2D eigenvalue weighted by atomic mass is 16.6. The highest BCUT2D eigenvalue weighted by molar-refractivity contribution is 5.75. The number of hydrogen-bond acceptors (Lipinski definition) is 5. The van der Waals surface area contributed by atoms with Crippen molar-refractivity contribution in [3.05, 3.63) is 0 Å². The number of ether oxygens (including phenoxy) is 3. The van der Waals surface area contributed by atoms with Crippen LogP contribution < -0.4 is 5.32 Å². The maximum atomic E-state index is 11.5. The highest BCUT2D eigenvalue weighted by Gasteiger charge is 2.22. The summed E-state index contributed by atoms with van der Waals surface area (Å²) in [5.74, 6) is -0.196. The Morgan fingerprint density at radius 3 is 2.75 bits per heavy atom. The topological polar surface area (TPSA) is 56.8 Å². The smallest absolute Gasteiger partial charge is 0.323 e. The molecule has 1 fully saturated rings. The fourth-order valence-electron chi connectivity index (χ4n) is 1.46. The molecule has 5 nitrogen and oxygen atoms in total. The summed E-state index contributed by atoms with van der Waals surface area (Å²) in [6.45, 7) is 6.84. The van der Waals surface area contributed by atoms with E-state index in [1.807, 2.05) is 13.8 Å². The van der Waals surface area contributed by atoms with Crippen molar-refractivity contribution < 1.29 is 19.0 Å². The Labute approximate surface area is 96.4 Å². The molecule has 1 unspecified atom stereocenters. The molecule has 0 amide bonds. The van der Waals surface area contributed by atoms with E-state index in [-0.39, 0.29) is 18.1 Å². The van der Waals surface area contributed by atoms with Gasteiger partial charge in [-0.05, 0) is 19.9 Å². The van der Waals surface area contributed by atoms with Crippen molar-refractivity contribution >= 4 is 5.97 Å². The van der Waals surface area contributed by atoms with Crippen LogP contribution in [0.15, 0.2) is 0 Å². The average molecular weight is 231 g/mol. The monoisotopic (exact) mass is 231 g/mol. The van der Waals surface area contributed by atoms with E-state index in [0.717, 1.165) is 6.54 Å². The van der Waals surface area contributed by atoms with Crippen LogP contribution >= 0.6 is 0 Å². The molecule has 1 saturated heterocycles. The third-order valence-electron chi connectivity index (χ3n) is 2.39. The van der Waals surface area contributed by atoms with Crippen LogP contribution in [0.4, 0.5) is 0 Å². The number of nitrogens with one attached hydrogen (secondary N) is 1. The van der Waals surface area contributed by atoms with Gasteiger partial charge in [-0.2, -0.15) is 0 Å². The number of esters is 1. The number of rotatable bonds is 8. The van der Waals surface area contributed by atoms with Crippen molar-refractivity contribution in [2.75, 3.05) is 33.0 Å². The Balaban J connectivity index is 2.17. The molecule has 1 N–H and O–H groups in total. The second-order valence-electron chi connectivity index (χ2n) is 3.68. The van der Waals surface area contributed by atoms with Crippen LogP contribution in [0, 0.1) is 0 Å². The van der Waals surface area contributed by atoms with Crippen LogP contribution in [-0.4, -0.2) is 51.1 Å². The molecule has 16 heavy (non-hydrogen) atoms. The van der Waals surface area contributed by atoms with Gasteiger partial charge in [0, 0.05) is 6.61 Å². The molecule has 94 valence electrons. The summed E-state index contributed by atoms with van der Waals surface area (Å²) >= 11 is 0. The molecule has 1 aliphatic heterocycles. The van der Waals surface area contributed by atoms with Crippen LogP contribution in [-0.2, 0) is 19.0 Å². The molecule has 1 atom stereocenters. The van der Waals surface area contributed by atoms with Gasteiger partial charge in [0.05, 0.1) is 19.8 Å². The van der Waals surface area contributed by atoms with E-state index in [1.54, 1.807) is 0 Å². The lowest BCUT2D eigenvalue weighted by atomic mass is 10.2. The van der Waals surface area contributed by atoms with Crippen molar-refractivity contribution in [2.45, 2.75) is 32.4 Å². The molecular weight excluding hydrogens is 210 g/mol. The fourth-order valence-corrected chi connectivity index (χ4v) is 1.46. The molecule has 0 aromatic carbocycles. The minimum absolute atomic E-state index is 0.196. The molecule has 0 bridgehead atoms. The number of likely N-dealkylation sites (N-methyl/N-ethyl adjacent to an activating group) is 1. The zero-order valence-corrected chi connectivity index (χ0v) is 10.0. The lowest BCUT2D eigenvalue weighted by Gasteiger charge is -2.26. The first kappa shape index (κ1) is 13.4. The molecule has 5 heteroatoms. The van der Waals surface area contributed by atoms with Gasteiger partial charge in [-0.1, -0.05) is 6.92 Å². The van der Waals surface area contributed by atoms with E-state index in [1.165, 1.54) is 0 Å². The normalized spacial score (nSPS) is 17.9. The van der Waals surface area contributed by atoms with Crippen LogP contribution in [0.25, 0.3) is 0 Å². The van der Waals surface area contributed by atoms with Crippen molar-refractivity contribution in [3.63, 3.8) is 0 Å². The minimum atomic E-state index is -0.258. The molecule has 0 radical (unpaired) electrons. The predicted octanol–water partition coefficient (Wildman–Crippen LogP) is 0.333. The van der Waals surface area contributed by atoms with Gasteiger partial charge in [0.25, 0.3) is 0 Å². The quantitative estimate of drug-likeness (QED) is 0.610. The van der Waals surface area contributed by atoms with E-state index >= 15 is 0 Å². The summed E-state index contributed by atoms with van der Waals surface area (Å²) in [7, 11) is 0. The molecule has 0 aliphatic carbocycles. The van der Waals surface area contributed by atoms with Crippen LogP contribution in [0.2, 0.25) is 0 Å². The third kappa shape index (κ3) is 4.47. The fraction of sp³-hybridized carbons (Fsp3) is 0.909. The summed E-state index contributed by atoms with van der Waals surface area (Å²) in [4.78, 5) is 11.5. The Bertz CT molecular complexity index is 206. The zero-order chi connectivity index (χ0) is 11.8. The number of carbonyl (C=O) groups excluding carboxylic acids is 1. The summed E-state index contributed by atoms with van der Waals surface area (Å²) in [6.07, 6.45) is 0.855. The predicted molar refractivity (Wildman–Crippen MR) is 59.3 cm³/mol. The molecule has 1 heterocycles. The first-order chi connectivity index (χ1) is 7.77. The summed E-state index contributed by atoms with van der Waals surface area (Å²) in [6, 6.07) is -0.258. The lowest BCUT2D eigenvalue weighted by molar-refractivity contribution is -0.149. The van der Waals surface area contributed by atoms with Gasteiger partial charge < -0.3 is 19.5 Å². The van der Waals surface area contributed by atoms with Crippen molar-refractivity contribution in [2.24, 2.45) is 0 Å².